The Morgan fingerprint density at radius 2 is 1.70 bits per heavy atom. The van der Waals surface area contributed by atoms with Crippen LogP contribution in [-0.2, 0) is 14.3 Å². The Balaban J connectivity index is 2.11. The van der Waals surface area contributed by atoms with E-state index in [0.29, 0.717) is 42.2 Å². The van der Waals surface area contributed by atoms with E-state index in [0.717, 1.165) is 0 Å². The van der Waals surface area contributed by atoms with Crippen molar-refractivity contribution < 1.29 is 28.9 Å². The fourth-order valence-corrected chi connectivity index (χ4v) is 3.55. The van der Waals surface area contributed by atoms with Crippen molar-refractivity contribution in [2.24, 2.45) is 0 Å². The van der Waals surface area contributed by atoms with E-state index in [1.54, 1.807) is 63.8 Å². The number of rotatable bonds is 8. The van der Waals surface area contributed by atoms with Gasteiger partial charge in [-0.3, -0.25) is 9.59 Å². The quantitative estimate of drug-likeness (QED) is 0.311. The Kier molecular flexibility index (Phi) is 6.74. The molecule has 1 atom stereocenters. The summed E-state index contributed by atoms with van der Waals surface area (Å²) in [5.74, 6) is -0.365. The van der Waals surface area contributed by atoms with E-state index in [9.17, 15) is 14.7 Å². The maximum Gasteiger partial charge on any atom is 0.295 e. The summed E-state index contributed by atoms with van der Waals surface area (Å²) in [6.45, 7) is 0.770. The van der Waals surface area contributed by atoms with Gasteiger partial charge in [0.1, 0.15) is 17.3 Å². The van der Waals surface area contributed by atoms with Gasteiger partial charge >= 0.3 is 0 Å². The summed E-state index contributed by atoms with van der Waals surface area (Å²) in [5.41, 5.74) is 1.16. The lowest BCUT2D eigenvalue weighted by molar-refractivity contribution is -0.140. The first-order valence-corrected chi connectivity index (χ1v) is 9.57. The van der Waals surface area contributed by atoms with Crippen LogP contribution in [0.1, 0.15) is 23.6 Å². The standard InChI is InChI=1S/C23H25NO6/c1-28-13-5-12-24-20(16-6-4-7-18(14-16)30-3)19(22(26)23(24)27)21(25)15-8-10-17(29-2)11-9-15/h4,6-11,14,20,25H,5,12-13H2,1-3H3/t20-/m0/s1. The molecule has 0 aliphatic carbocycles. The van der Waals surface area contributed by atoms with Crippen molar-refractivity contribution in [3.05, 3.63) is 65.2 Å². The predicted molar refractivity (Wildman–Crippen MR) is 111 cm³/mol. The minimum atomic E-state index is -0.723. The lowest BCUT2D eigenvalue weighted by Crippen LogP contribution is -2.31. The molecule has 1 aliphatic rings. The Labute approximate surface area is 175 Å². The summed E-state index contributed by atoms with van der Waals surface area (Å²) in [4.78, 5) is 27.2. The van der Waals surface area contributed by atoms with Gasteiger partial charge in [-0.1, -0.05) is 12.1 Å². The highest BCUT2D eigenvalue weighted by molar-refractivity contribution is 6.46. The number of likely N-dealkylation sites (tertiary alicyclic amines) is 1. The Bertz CT molecular complexity index is 950. The summed E-state index contributed by atoms with van der Waals surface area (Å²) < 4.78 is 15.5. The smallest absolute Gasteiger partial charge is 0.295 e. The molecule has 1 saturated heterocycles. The zero-order valence-corrected chi connectivity index (χ0v) is 17.3. The number of ether oxygens (including phenoxy) is 3. The molecule has 0 aromatic heterocycles. The van der Waals surface area contributed by atoms with E-state index in [4.69, 9.17) is 14.2 Å². The SMILES string of the molecule is COCCCN1C(=O)C(=O)C(=C(O)c2ccc(OC)cc2)[C@@H]1c1cccc(OC)c1. The van der Waals surface area contributed by atoms with Gasteiger partial charge in [0.15, 0.2) is 0 Å². The molecule has 7 heteroatoms. The van der Waals surface area contributed by atoms with Crippen molar-refractivity contribution >= 4 is 17.4 Å². The van der Waals surface area contributed by atoms with Gasteiger partial charge in [-0.15, -0.1) is 0 Å². The third-order valence-electron chi connectivity index (χ3n) is 5.06. The first-order chi connectivity index (χ1) is 14.5. The molecule has 0 unspecified atom stereocenters. The maximum absolute atomic E-state index is 12.9. The number of amides is 1. The Morgan fingerprint density at radius 3 is 2.33 bits per heavy atom. The third-order valence-corrected chi connectivity index (χ3v) is 5.06. The normalized spacial score (nSPS) is 18.0. The highest BCUT2D eigenvalue weighted by atomic mass is 16.5. The van der Waals surface area contributed by atoms with Crippen LogP contribution in [0.4, 0.5) is 0 Å². The molecule has 2 aromatic rings. The van der Waals surface area contributed by atoms with Gasteiger partial charge in [-0.25, -0.2) is 0 Å². The first-order valence-electron chi connectivity index (χ1n) is 9.57. The summed E-state index contributed by atoms with van der Waals surface area (Å²) in [5, 5.41) is 11.0. The van der Waals surface area contributed by atoms with E-state index in [1.807, 2.05) is 6.07 Å². The van der Waals surface area contributed by atoms with Crippen molar-refractivity contribution in [3.63, 3.8) is 0 Å². The van der Waals surface area contributed by atoms with Crippen LogP contribution in [0.5, 0.6) is 11.5 Å². The monoisotopic (exact) mass is 411 g/mol. The highest BCUT2D eigenvalue weighted by Gasteiger charge is 2.45. The first kappa shape index (κ1) is 21.4. The zero-order valence-electron chi connectivity index (χ0n) is 17.3. The fourth-order valence-electron chi connectivity index (χ4n) is 3.55. The molecular weight excluding hydrogens is 386 g/mol. The van der Waals surface area contributed by atoms with Crippen molar-refractivity contribution in [1.82, 2.24) is 4.90 Å². The Morgan fingerprint density at radius 1 is 1.00 bits per heavy atom. The molecule has 2 aromatic carbocycles. The second-order valence-corrected chi connectivity index (χ2v) is 6.84. The number of nitrogens with zero attached hydrogens (tertiary/aromatic N) is 1. The fraction of sp³-hybridized carbons (Fsp3) is 0.304. The van der Waals surface area contributed by atoms with E-state index < -0.39 is 17.7 Å². The van der Waals surface area contributed by atoms with Gasteiger partial charge in [0, 0.05) is 25.8 Å². The number of aliphatic hydroxyl groups is 1. The number of benzene rings is 2. The van der Waals surface area contributed by atoms with Crippen LogP contribution in [0.25, 0.3) is 5.76 Å². The molecule has 1 heterocycles. The summed E-state index contributed by atoms with van der Waals surface area (Å²) in [6, 6.07) is 13.1. The van der Waals surface area contributed by atoms with Crippen LogP contribution >= 0.6 is 0 Å². The molecule has 0 spiro atoms. The topological polar surface area (TPSA) is 85.3 Å². The van der Waals surface area contributed by atoms with Crippen LogP contribution in [0.15, 0.2) is 54.1 Å². The molecular formula is C23H25NO6. The number of Topliss-reactive ketones (excluding diaryl/α,β-unsaturated/α-hetero) is 1. The average molecular weight is 411 g/mol. The van der Waals surface area contributed by atoms with Crippen LogP contribution in [0.3, 0.4) is 0 Å². The molecule has 3 rings (SSSR count). The lowest BCUT2D eigenvalue weighted by atomic mass is 9.95. The predicted octanol–water partition coefficient (Wildman–Crippen LogP) is 3.16. The van der Waals surface area contributed by atoms with Crippen LogP contribution < -0.4 is 9.47 Å². The summed E-state index contributed by atoms with van der Waals surface area (Å²) in [7, 11) is 4.67. The average Bonchev–Trinajstić information content (AvgIpc) is 3.04. The zero-order chi connectivity index (χ0) is 21.7. The van der Waals surface area contributed by atoms with Gasteiger partial charge in [-0.2, -0.15) is 0 Å². The number of ketones is 1. The van der Waals surface area contributed by atoms with Gasteiger partial charge in [0.05, 0.1) is 25.8 Å². The molecule has 1 aliphatic heterocycles. The van der Waals surface area contributed by atoms with E-state index in [1.165, 1.54) is 4.90 Å². The second kappa shape index (κ2) is 9.45. The number of methoxy groups -OCH3 is 3. The number of aliphatic hydroxyl groups excluding tert-OH is 1. The molecule has 0 bridgehead atoms. The largest absolute Gasteiger partial charge is 0.507 e. The number of hydrogen-bond acceptors (Lipinski definition) is 6. The number of carbonyl (C=O) groups excluding carboxylic acids is 2. The molecule has 30 heavy (non-hydrogen) atoms. The van der Waals surface area contributed by atoms with E-state index in [2.05, 4.69) is 0 Å². The highest BCUT2D eigenvalue weighted by Crippen LogP contribution is 2.40. The van der Waals surface area contributed by atoms with Crippen LogP contribution in [0.2, 0.25) is 0 Å². The van der Waals surface area contributed by atoms with Crippen molar-refractivity contribution in [2.45, 2.75) is 12.5 Å². The van der Waals surface area contributed by atoms with Crippen molar-refractivity contribution in [3.8, 4) is 11.5 Å². The van der Waals surface area contributed by atoms with Gasteiger partial charge in [0.2, 0.25) is 0 Å². The van der Waals surface area contributed by atoms with Gasteiger partial charge < -0.3 is 24.2 Å². The van der Waals surface area contributed by atoms with Crippen molar-refractivity contribution in [1.29, 1.82) is 0 Å². The molecule has 7 nitrogen and oxygen atoms in total. The third kappa shape index (κ3) is 4.16. The molecule has 1 amide bonds. The minimum absolute atomic E-state index is 0.0517. The van der Waals surface area contributed by atoms with E-state index >= 15 is 0 Å². The Hall–Kier alpha value is -3.32. The van der Waals surface area contributed by atoms with Gasteiger partial charge in [-0.05, 0) is 48.4 Å². The minimum Gasteiger partial charge on any atom is -0.507 e. The molecule has 0 radical (unpaired) electrons. The van der Waals surface area contributed by atoms with Crippen LogP contribution in [-0.4, -0.2) is 56.2 Å². The molecule has 158 valence electrons. The number of hydrogen-bond donors (Lipinski definition) is 1. The second-order valence-electron chi connectivity index (χ2n) is 6.84. The molecule has 0 saturated carbocycles. The van der Waals surface area contributed by atoms with Gasteiger partial charge in [0.25, 0.3) is 11.7 Å². The van der Waals surface area contributed by atoms with Crippen LogP contribution in [0, 0.1) is 0 Å². The molecule has 1 fully saturated rings. The van der Waals surface area contributed by atoms with Crippen molar-refractivity contribution in [2.75, 3.05) is 34.5 Å². The van der Waals surface area contributed by atoms with E-state index in [-0.39, 0.29) is 11.3 Å². The molecule has 1 N–H and O–H groups in total. The maximum atomic E-state index is 12.9. The summed E-state index contributed by atoms with van der Waals surface area (Å²) in [6.07, 6.45) is 0.562. The lowest BCUT2D eigenvalue weighted by Gasteiger charge is -2.25. The summed E-state index contributed by atoms with van der Waals surface area (Å²) >= 11 is 0. The number of carbonyl (C=O) groups is 2.